The number of hydrogen-bond acceptors (Lipinski definition) is 3. The highest BCUT2D eigenvalue weighted by atomic mass is 16.3. The van der Waals surface area contributed by atoms with Gasteiger partial charge in [-0.1, -0.05) is 13.8 Å². The first-order valence-electron chi connectivity index (χ1n) is 4.12. The summed E-state index contributed by atoms with van der Waals surface area (Å²) in [5.41, 5.74) is 5.14. The second-order valence-corrected chi connectivity index (χ2v) is 3.36. The van der Waals surface area contributed by atoms with Crippen molar-refractivity contribution in [1.82, 2.24) is 4.90 Å². The van der Waals surface area contributed by atoms with E-state index in [0.717, 1.165) is 0 Å². The van der Waals surface area contributed by atoms with E-state index in [0.29, 0.717) is 12.5 Å². The van der Waals surface area contributed by atoms with Gasteiger partial charge in [-0.25, -0.2) is 0 Å². The van der Waals surface area contributed by atoms with E-state index < -0.39 is 6.10 Å². The van der Waals surface area contributed by atoms with Gasteiger partial charge >= 0.3 is 0 Å². The maximum atomic E-state index is 11.2. The number of aliphatic hydroxyl groups is 1. The molecule has 0 aliphatic carbocycles. The van der Waals surface area contributed by atoms with Gasteiger partial charge in [0.15, 0.2) is 0 Å². The summed E-state index contributed by atoms with van der Waals surface area (Å²) >= 11 is 0. The van der Waals surface area contributed by atoms with Crippen molar-refractivity contribution in [3.63, 3.8) is 0 Å². The van der Waals surface area contributed by atoms with Gasteiger partial charge in [-0.05, 0) is 5.92 Å². The lowest BCUT2D eigenvalue weighted by atomic mass is 10.2. The molecule has 72 valence electrons. The van der Waals surface area contributed by atoms with Crippen LogP contribution >= 0.6 is 0 Å². The van der Waals surface area contributed by atoms with Gasteiger partial charge in [0.25, 0.3) is 5.91 Å². The number of nitrogens with zero attached hydrogens (tertiary/aromatic N) is 1. The molecule has 0 aliphatic rings. The fourth-order valence-corrected chi connectivity index (χ4v) is 0.993. The maximum Gasteiger partial charge on any atom is 0.252 e. The second kappa shape index (κ2) is 5.11. The number of carbonyl (C=O) groups is 1. The minimum absolute atomic E-state index is 0.0126. The molecular weight excluding hydrogens is 156 g/mol. The Balaban J connectivity index is 3.92. The van der Waals surface area contributed by atoms with Crippen molar-refractivity contribution in [2.75, 3.05) is 20.1 Å². The minimum Gasteiger partial charge on any atom is -0.382 e. The molecular formula is C8H18N2O2. The van der Waals surface area contributed by atoms with Crippen LogP contribution in [0, 0.1) is 5.92 Å². The topological polar surface area (TPSA) is 66.6 Å². The molecule has 0 fully saturated rings. The average molecular weight is 174 g/mol. The molecule has 1 unspecified atom stereocenters. The number of amides is 1. The van der Waals surface area contributed by atoms with E-state index >= 15 is 0 Å². The number of aliphatic hydroxyl groups excluding tert-OH is 1. The van der Waals surface area contributed by atoms with Gasteiger partial charge in [0, 0.05) is 20.1 Å². The van der Waals surface area contributed by atoms with E-state index in [1.807, 2.05) is 13.8 Å². The quantitative estimate of drug-likeness (QED) is 0.599. The van der Waals surface area contributed by atoms with Gasteiger partial charge in [-0.3, -0.25) is 4.79 Å². The van der Waals surface area contributed by atoms with Crippen molar-refractivity contribution in [3.8, 4) is 0 Å². The smallest absolute Gasteiger partial charge is 0.252 e. The summed E-state index contributed by atoms with van der Waals surface area (Å²) in [7, 11) is 1.67. The highest BCUT2D eigenvalue weighted by Crippen LogP contribution is 1.98. The maximum absolute atomic E-state index is 11.2. The Labute approximate surface area is 73.3 Å². The first-order chi connectivity index (χ1) is 5.49. The molecule has 4 heteroatoms. The molecule has 0 radical (unpaired) electrons. The third-order valence-corrected chi connectivity index (χ3v) is 1.52. The van der Waals surface area contributed by atoms with Crippen LogP contribution in [0.1, 0.15) is 13.8 Å². The van der Waals surface area contributed by atoms with Crippen molar-refractivity contribution in [3.05, 3.63) is 0 Å². The normalized spacial score (nSPS) is 13.2. The first-order valence-corrected chi connectivity index (χ1v) is 4.12. The summed E-state index contributed by atoms with van der Waals surface area (Å²) in [5.74, 6) is 0.107. The van der Waals surface area contributed by atoms with E-state index in [4.69, 9.17) is 10.8 Å². The SMILES string of the molecule is CC(C)CN(C)C(=O)C(O)CN. The molecule has 0 rings (SSSR count). The van der Waals surface area contributed by atoms with Crippen molar-refractivity contribution in [2.24, 2.45) is 11.7 Å². The molecule has 1 amide bonds. The van der Waals surface area contributed by atoms with Gasteiger partial charge in [0.05, 0.1) is 0 Å². The van der Waals surface area contributed by atoms with Crippen LogP contribution in [-0.2, 0) is 4.79 Å². The zero-order valence-corrected chi connectivity index (χ0v) is 7.95. The van der Waals surface area contributed by atoms with Gasteiger partial charge in [0.1, 0.15) is 6.10 Å². The molecule has 0 saturated heterocycles. The monoisotopic (exact) mass is 174 g/mol. The average Bonchev–Trinajstić information content (AvgIpc) is 2.00. The lowest BCUT2D eigenvalue weighted by Crippen LogP contribution is -2.41. The molecule has 0 aromatic rings. The van der Waals surface area contributed by atoms with E-state index in [-0.39, 0.29) is 12.5 Å². The number of likely N-dealkylation sites (N-methyl/N-ethyl adjacent to an activating group) is 1. The summed E-state index contributed by atoms with van der Waals surface area (Å²) in [5, 5.41) is 9.09. The van der Waals surface area contributed by atoms with Crippen LogP contribution in [0.2, 0.25) is 0 Å². The standard InChI is InChI=1S/C8H18N2O2/c1-6(2)5-10(3)8(12)7(11)4-9/h6-7,11H,4-5,9H2,1-3H3. The first kappa shape index (κ1) is 11.4. The third kappa shape index (κ3) is 3.69. The van der Waals surface area contributed by atoms with E-state index in [9.17, 15) is 4.79 Å². The predicted octanol–water partition coefficient (Wildman–Crippen LogP) is -0.580. The molecule has 0 saturated carbocycles. The van der Waals surface area contributed by atoms with Crippen LogP contribution in [0.15, 0.2) is 0 Å². The van der Waals surface area contributed by atoms with Gasteiger partial charge in [-0.15, -0.1) is 0 Å². The summed E-state index contributed by atoms with van der Waals surface area (Å²) in [6.45, 7) is 4.66. The van der Waals surface area contributed by atoms with Gasteiger partial charge in [0.2, 0.25) is 0 Å². The second-order valence-electron chi connectivity index (χ2n) is 3.36. The zero-order valence-electron chi connectivity index (χ0n) is 7.95. The fraction of sp³-hybridized carbons (Fsp3) is 0.875. The highest BCUT2D eigenvalue weighted by Gasteiger charge is 2.17. The van der Waals surface area contributed by atoms with Crippen LogP contribution in [0.5, 0.6) is 0 Å². The van der Waals surface area contributed by atoms with Crippen LogP contribution in [0.4, 0.5) is 0 Å². The Morgan fingerprint density at radius 2 is 2.08 bits per heavy atom. The Bertz CT molecular complexity index is 148. The van der Waals surface area contributed by atoms with Crippen molar-refractivity contribution < 1.29 is 9.90 Å². The molecule has 0 bridgehead atoms. The summed E-state index contributed by atoms with van der Waals surface area (Å²) in [6, 6.07) is 0. The molecule has 0 aromatic carbocycles. The molecule has 3 N–H and O–H groups in total. The highest BCUT2D eigenvalue weighted by molar-refractivity contribution is 5.80. The number of carbonyl (C=O) groups excluding carboxylic acids is 1. The van der Waals surface area contributed by atoms with Gasteiger partial charge in [-0.2, -0.15) is 0 Å². The fourth-order valence-electron chi connectivity index (χ4n) is 0.993. The lowest BCUT2D eigenvalue weighted by Gasteiger charge is -2.21. The van der Waals surface area contributed by atoms with Crippen LogP contribution in [0.25, 0.3) is 0 Å². The van der Waals surface area contributed by atoms with Crippen molar-refractivity contribution in [1.29, 1.82) is 0 Å². The molecule has 0 aromatic heterocycles. The van der Waals surface area contributed by atoms with Crippen molar-refractivity contribution in [2.45, 2.75) is 20.0 Å². The summed E-state index contributed by atoms with van der Waals surface area (Å²) < 4.78 is 0. The number of nitrogens with two attached hydrogens (primary N) is 1. The third-order valence-electron chi connectivity index (χ3n) is 1.52. The van der Waals surface area contributed by atoms with Crippen LogP contribution in [0.3, 0.4) is 0 Å². The van der Waals surface area contributed by atoms with E-state index in [2.05, 4.69) is 0 Å². The van der Waals surface area contributed by atoms with E-state index in [1.165, 1.54) is 4.90 Å². The zero-order chi connectivity index (χ0) is 9.72. The minimum atomic E-state index is -1.05. The molecule has 1 atom stereocenters. The number of hydrogen-bond donors (Lipinski definition) is 2. The summed E-state index contributed by atoms with van der Waals surface area (Å²) in [4.78, 5) is 12.7. The Kier molecular flexibility index (Phi) is 4.85. The lowest BCUT2D eigenvalue weighted by molar-refractivity contribution is -0.138. The Morgan fingerprint density at radius 1 is 1.58 bits per heavy atom. The molecule has 12 heavy (non-hydrogen) atoms. The molecule has 0 spiro atoms. The van der Waals surface area contributed by atoms with Gasteiger partial charge < -0.3 is 15.7 Å². The Morgan fingerprint density at radius 3 is 2.42 bits per heavy atom. The largest absolute Gasteiger partial charge is 0.382 e. The van der Waals surface area contributed by atoms with Crippen molar-refractivity contribution >= 4 is 5.91 Å². The predicted molar refractivity (Wildman–Crippen MR) is 47.5 cm³/mol. The molecule has 0 aliphatic heterocycles. The summed E-state index contributed by atoms with van der Waals surface area (Å²) in [6.07, 6.45) is -1.05. The van der Waals surface area contributed by atoms with Crippen LogP contribution in [-0.4, -0.2) is 42.2 Å². The Hall–Kier alpha value is -0.610. The molecule has 4 nitrogen and oxygen atoms in total. The van der Waals surface area contributed by atoms with E-state index in [1.54, 1.807) is 7.05 Å². The molecule has 0 heterocycles. The number of rotatable bonds is 4. The van der Waals surface area contributed by atoms with Crippen LogP contribution < -0.4 is 5.73 Å².